The van der Waals surface area contributed by atoms with Crippen molar-refractivity contribution < 1.29 is 28.7 Å². The average Bonchev–Trinajstić information content (AvgIpc) is 3.47. The van der Waals surface area contributed by atoms with Gasteiger partial charge in [0.25, 0.3) is 5.91 Å². The Labute approximate surface area is 173 Å². The van der Waals surface area contributed by atoms with Crippen molar-refractivity contribution in [3.63, 3.8) is 0 Å². The summed E-state index contributed by atoms with van der Waals surface area (Å²) in [5, 5.41) is 3.85. The van der Waals surface area contributed by atoms with E-state index in [1.807, 2.05) is 12.1 Å². The third kappa shape index (κ3) is 2.47. The van der Waals surface area contributed by atoms with Crippen LogP contribution in [0.2, 0.25) is 0 Å². The van der Waals surface area contributed by atoms with Gasteiger partial charge >= 0.3 is 0 Å². The first-order valence-corrected chi connectivity index (χ1v) is 10.1. The lowest BCUT2D eigenvalue weighted by molar-refractivity contribution is -0.141. The first-order valence-electron chi connectivity index (χ1n) is 10.1. The van der Waals surface area contributed by atoms with Gasteiger partial charge in [-0.25, -0.2) is 0 Å². The number of nitrogens with zero attached hydrogens (tertiary/aromatic N) is 2. The Morgan fingerprint density at radius 3 is 2.50 bits per heavy atom. The van der Waals surface area contributed by atoms with Crippen molar-refractivity contribution in [3.8, 4) is 11.5 Å². The Hall–Kier alpha value is -3.10. The van der Waals surface area contributed by atoms with Crippen LogP contribution < -0.4 is 15.2 Å². The first kappa shape index (κ1) is 18.9. The number of ether oxygens (including phenoxy) is 2. The molecule has 4 aliphatic rings. The summed E-state index contributed by atoms with van der Waals surface area (Å²) in [4.78, 5) is 44.8. The van der Waals surface area contributed by atoms with Crippen LogP contribution in [0.1, 0.15) is 12.0 Å². The molecule has 2 aliphatic carbocycles. The lowest BCUT2D eigenvalue weighted by Gasteiger charge is -2.29. The van der Waals surface area contributed by atoms with Gasteiger partial charge in [0.1, 0.15) is 6.10 Å². The van der Waals surface area contributed by atoms with Gasteiger partial charge in [-0.2, -0.15) is 0 Å². The molecule has 0 radical (unpaired) electrons. The van der Waals surface area contributed by atoms with E-state index in [1.165, 1.54) is 4.90 Å². The van der Waals surface area contributed by atoms with Gasteiger partial charge in [0.15, 0.2) is 17.2 Å². The molecule has 2 bridgehead atoms. The van der Waals surface area contributed by atoms with Crippen molar-refractivity contribution in [2.45, 2.75) is 18.9 Å². The smallest absolute Gasteiger partial charge is 0.266 e. The second-order valence-corrected chi connectivity index (χ2v) is 8.32. The maximum atomic E-state index is 13.2. The topological polar surface area (TPSA) is 121 Å². The van der Waals surface area contributed by atoms with Gasteiger partial charge in [-0.3, -0.25) is 19.3 Å². The molecule has 2 heterocycles. The lowest BCUT2D eigenvalue weighted by Crippen LogP contribution is -2.43. The van der Waals surface area contributed by atoms with Crippen molar-refractivity contribution in [2.75, 3.05) is 20.8 Å². The molecule has 5 rings (SSSR count). The quantitative estimate of drug-likeness (QED) is 0.672. The van der Waals surface area contributed by atoms with E-state index in [0.717, 1.165) is 5.56 Å². The first-order chi connectivity index (χ1) is 14.5. The van der Waals surface area contributed by atoms with Crippen molar-refractivity contribution in [2.24, 2.45) is 40.5 Å². The molecule has 9 heteroatoms. The maximum absolute atomic E-state index is 13.2. The summed E-state index contributed by atoms with van der Waals surface area (Å²) in [5.41, 5.74) is 6.58. The summed E-state index contributed by atoms with van der Waals surface area (Å²) in [6, 6.07) is 5.55. The summed E-state index contributed by atoms with van der Waals surface area (Å²) in [7, 11) is 3.13. The fourth-order valence-corrected chi connectivity index (χ4v) is 5.89. The van der Waals surface area contributed by atoms with Crippen LogP contribution in [0.15, 0.2) is 23.4 Å². The van der Waals surface area contributed by atoms with Crippen molar-refractivity contribution in [1.29, 1.82) is 0 Å². The second-order valence-electron chi connectivity index (χ2n) is 8.32. The number of imide groups is 1. The number of methoxy groups -OCH3 is 2. The number of primary amides is 1. The summed E-state index contributed by atoms with van der Waals surface area (Å²) in [6.45, 7) is 0.298. The molecular weight excluding hydrogens is 390 g/mol. The number of carbonyl (C=O) groups is 3. The van der Waals surface area contributed by atoms with Gasteiger partial charge in [-0.15, -0.1) is 0 Å². The van der Waals surface area contributed by atoms with E-state index >= 15 is 0 Å². The van der Waals surface area contributed by atoms with E-state index in [0.29, 0.717) is 30.9 Å². The van der Waals surface area contributed by atoms with E-state index in [4.69, 9.17) is 20.0 Å². The highest BCUT2D eigenvalue weighted by molar-refractivity contribution is 6.39. The van der Waals surface area contributed by atoms with Crippen molar-refractivity contribution in [1.82, 2.24) is 4.90 Å². The minimum atomic E-state index is -0.617. The number of benzene rings is 1. The lowest BCUT2D eigenvalue weighted by atomic mass is 9.72. The Bertz CT molecular complexity index is 975. The third-order valence-corrected chi connectivity index (χ3v) is 7.11. The average molecular weight is 413 g/mol. The number of likely N-dealkylation sites (tertiary alicyclic amines) is 1. The molecule has 2 N–H and O–H groups in total. The predicted octanol–water partition coefficient (Wildman–Crippen LogP) is 0.354. The molecule has 6 atom stereocenters. The summed E-state index contributed by atoms with van der Waals surface area (Å²) in [6.07, 6.45) is 0.878. The summed E-state index contributed by atoms with van der Waals surface area (Å²) in [5.74, 6) is -1.01. The van der Waals surface area contributed by atoms with Crippen molar-refractivity contribution >= 4 is 23.4 Å². The van der Waals surface area contributed by atoms with E-state index in [1.54, 1.807) is 20.3 Å². The molecule has 30 heavy (non-hydrogen) atoms. The van der Waals surface area contributed by atoms with Crippen LogP contribution in [-0.2, 0) is 25.6 Å². The monoisotopic (exact) mass is 413 g/mol. The van der Waals surface area contributed by atoms with E-state index in [2.05, 4.69) is 5.16 Å². The molecule has 158 valence electrons. The largest absolute Gasteiger partial charge is 0.493 e. The Morgan fingerprint density at radius 2 is 1.83 bits per heavy atom. The molecule has 1 aromatic rings. The Kier molecular flexibility index (Phi) is 4.23. The predicted molar refractivity (Wildman–Crippen MR) is 104 cm³/mol. The highest BCUT2D eigenvalue weighted by Crippen LogP contribution is 2.61. The number of amides is 3. The molecule has 3 fully saturated rings. The van der Waals surface area contributed by atoms with Crippen LogP contribution in [0.25, 0.3) is 0 Å². The normalized spacial score (nSPS) is 33.3. The molecule has 0 aromatic heterocycles. The van der Waals surface area contributed by atoms with Crippen LogP contribution in [0, 0.1) is 29.6 Å². The zero-order valence-electron chi connectivity index (χ0n) is 16.7. The number of rotatable bonds is 6. The van der Waals surface area contributed by atoms with Gasteiger partial charge in [0.2, 0.25) is 11.8 Å². The minimum absolute atomic E-state index is 0.104. The van der Waals surface area contributed by atoms with Gasteiger partial charge < -0.3 is 20.0 Å². The van der Waals surface area contributed by atoms with Crippen LogP contribution in [0.3, 0.4) is 0 Å². The zero-order chi connectivity index (χ0) is 21.2. The fraction of sp³-hybridized carbons (Fsp3) is 0.524. The van der Waals surface area contributed by atoms with Crippen LogP contribution in [-0.4, -0.2) is 55.2 Å². The van der Waals surface area contributed by atoms with Gasteiger partial charge in [0.05, 0.1) is 32.0 Å². The molecule has 9 nitrogen and oxygen atoms in total. The number of carbonyl (C=O) groups excluding carboxylic acids is 3. The number of oxime groups is 1. The maximum Gasteiger partial charge on any atom is 0.266 e. The third-order valence-electron chi connectivity index (χ3n) is 7.11. The van der Waals surface area contributed by atoms with Gasteiger partial charge in [-0.05, 0) is 36.5 Å². The number of hydrogen-bond acceptors (Lipinski definition) is 7. The van der Waals surface area contributed by atoms with Gasteiger partial charge in [0, 0.05) is 12.5 Å². The minimum Gasteiger partial charge on any atom is -0.493 e. The molecule has 3 amide bonds. The number of nitrogens with two attached hydrogens (primary N) is 1. The molecule has 1 saturated heterocycles. The van der Waals surface area contributed by atoms with Crippen LogP contribution >= 0.6 is 0 Å². The summed E-state index contributed by atoms with van der Waals surface area (Å²) < 4.78 is 10.6. The SMILES string of the molecule is COc1ccc(CCN2C(=O)[C@H]3[C@@H]4C[C@H]([C@@H]5C(C(N)=O)=NO[C@@H]45)[C@@H]3C2=O)cc1OC. The Balaban J connectivity index is 1.33. The van der Waals surface area contributed by atoms with E-state index < -0.39 is 17.7 Å². The van der Waals surface area contributed by atoms with E-state index in [-0.39, 0.29) is 41.4 Å². The molecule has 1 aromatic carbocycles. The molecule has 0 unspecified atom stereocenters. The molecule has 2 saturated carbocycles. The molecule has 0 spiro atoms. The van der Waals surface area contributed by atoms with Crippen LogP contribution in [0.5, 0.6) is 11.5 Å². The molecular formula is C21H23N3O6. The highest BCUT2D eigenvalue weighted by Gasteiger charge is 2.70. The molecule has 2 aliphatic heterocycles. The summed E-state index contributed by atoms with van der Waals surface area (Å²) >= 11 is 0. The Morgan fingerprint density at radius 1 is 1.13 bits per heavy atom. The zero-order valence-corrected chi connectivity index (χ0v) is 16.7. The number of hydrogen-bond donors (Lipinski definition) is 1. The number of fused-ring (bicyclic) bond motifs is 8. The van der Waals surface area contributed by atoms with Gasteiger partial charge in [-0.1, -0.05) is 11.2 Å². The van der Waals surface area contributed by atoms with Crippen LogP contribution in [0.4, 0.5) is 0 Å². The standard InChI is InChI=1S/C21H23N3O6/c1-28-12-4-3-9(7-13(12)29-2)5-6-24-20(26)14-10-8-11(15(14)21(24)27)18-16(10)17(19(22)25)23-30-18/h3-4,7,10-11,14-16,18H,5-6,8H2,1-2H3,(H2,22,25)/t10-,11-,14-,15-,16+,18-/m0/s1. The fourth-order valence-electron chi connectivity index (χ4n) is 5.89. The van der Waals surface area contributed by atoms with Crippen molar-refractivity contribution in [3.05, 3.63) is 23.8 Å². The second kappa shape index (κ2) is 6.72. The van der Waals surface area contributed by atoms with E-state index in [9.17, 15) is 14.4 Å². The highest BCUT2D eigenvalue weighted by atomic mass is 16.6.